The Labute approximate surface area is 68.3 Å². The summed E-state index contributed by atoms with van der Waals surface area (Å²) in [4.78, 5) is 0.958. The fourth-order valence-corrected chi connectivity index (χ4v) is 1.36. The maximum absolute atomic E-state index is 12.8. The summed E-state index contributed by atoms with van der Waals surface area (Å²) in [6, 6.07) is 0. The van der Waals surface area contributed by atoms with Crippen LogP contribution in [0.1, 0.15) is 6.92 Å². The normalized spacial score (nSPS) is 30.5. The summed E-state index contributed by atoms with van der Waals surface area (Å²) >= 11 is 0. The van der Waals surface area contributed by atoms with Crippen molar-refractivity contribution in [2.45, 2.75) is 18.8 Å². The zero-order chi connectivity index (χ0) is 9.57. The third-order valence-corrected chi connectivity index (χ3v) is 2.23. The molecule has 0 atom stereocenters. The van der Waals surface area contributed by atoms with Crippen LogP contribution in [0.15, 0.2) is 0 Å². The second-order valence-electron chi connectivity index (χ2n) is 3.42. The summed E-state index contributed by atoms with van der Waals surface area (Å²) in [7, 11) is 1.27. The summed E-state index contributed by atoms with van der Waals surface area (Å²) in [5.74, 6) is -8.42. The van der Waals surface area contributed by atoms with E-state index in [1.54, 1.807) is 0 Å². The van der Waals surface area contributed by atoms with E-state index in [9.17, 15) is 17.6 Å². The van der Waals surface area contributed by atoms with Crippen LogP contribution in [0, 0.1) is 5.92 Å². The number of alkyl halides is 4. The largest absolute Gasteiger partial charge is 0.295 e. The highest BCUT2D eigenvalue weighted by molar-refractivity contribution is 4.93. The molecule has 72 valence electrons. The Morgan fingerprint density at radius 1 is 1.08 bits per heavy atom. The summed E-state index contributed by atoms with van der Waals surface area (Å²) in [6.45, 7) is -0.263. The van der Waals surface area contributed by atoms with Gasteiger partial charge in [-0.2, -0.15) is 0 Å². The van der Waals surface area contributed by atoms with E-state index in [1.807, 2.05) is 0 Å². The lowest BCUT2D eigenvalue weighted by molar-refractivity contribution is -0.212. The minimum atomic E-state index is -3.28. The second kappa shape index (κ2) is 2.58. The first kappa shape index (κ1) is 9.77. The van der Waals surface area contributed by atoms with Gasteiger partial charge in [0.25, 0.3) is 11.8 Å². The number of nitrogens with zero attached hydrogens (tertiary/aromatic N) is 1. The van der Waals surface area contributed by atoms with E-state index in [4.69, 9.17) is 0 Å². The summed E-state index contributed by atoms with van der Waals surface area (Å²) < 4.78 is 51.3. The topological polar surface area (TPSA) is 3.24 Å². The number of rotatable bonds is 0. The van der Waals surface area contributed by atoms with Gasteiger partial charge in [-0.3, -0.25) is 4.90 Å². The predicted octanol–water partition coefficient (Wildman–Crippen LogP) is 1.84. The Morgan fingerprint density at radius 3 is 1.75 bits per heavy atom. The van der Waals surface area contributed by atoms with Crippen LogP contribution < -0.4 is 0 Å². The molecular formula is C7H11F4N. The van der Waals surface area contributed by atoms with E-state index >= 15 is 0 Å². The summed E-state index contributed by atoms with van der Waals surface area (Å²) in [5.41, 5.74) is 0. The van der Waals surface area contributed by atoms with Crippen LogP contribution in [0.4, 0.5) is 17.6 Å². The van der Waals surface area contributed by atoms with Crippen molar-refractivity contribution in [2.24, 2.45) is 5.92 Å². The van der Waals surface area contributed by atoms with Gasteiger partial charge in [0.1, 0.15) is 0 Å². The molecule has 1 fully saturated rings. The van der Waals surface area contributed by atoms with Gasteiger partial charge in [0.2, 0.25) is 0 Å². The first-order valence-corrected chi connectivity index (χ1v) is 3.70. The lowest BCUT2D eigenvalue weighted by atomic mass is 9.91. The summed E-state index contributed by atoms with van der Waals surface area (Å²) in [6.07, 6.45) is 0. The van der Waals surface area contributed by atoms with Gasteiger partial charge in [-0.1, -0.05) is 6.92 Å². The van der Waals surface area contributed by atoms with Crippen molar-refractivity contribution < 1.29 is 17.6 Å². The number of hydrogen-bond donors (Lipinski definition) is 0. The third kappa shape index (κ3) is 1.55. The van der Waals surface area contributed by atoms with Crippen LogP contribution in [0.3, 0.4) is 0 Å². The van der Waals surface area contributed by atoms with Crippen molar-refractivity contribution in [1.82, 2.24) is 4.90 Å². The molecule has 1 aliphatic heterocycles. The van der Waals surface area contributed by atoms with Crippen LogP contribution >= 0.6 is 0 Å². The molecule has 0 aromatic heterocycles. The van der Waals surface area contributed by atoms with Crippen LogP contribution in [0.5, 0.6) is 0 Å². The smallest absolute Gasteiger partial charge is 0.268 e. The molecule has 0 bridgehead atoms. The SMILES string of the molecule is CC1C(F)(F)CN(C)CC1(F)F. The van der Waals surface area contributed by atoms with Crippen molar-refractivity contribution in [2.75, 3.05) is 20.1 Å². The molecule has 0 amide bonds. The van der Waals surface area contributed by atoms with Crippen molar-refractivity contribution in [3.05, 3.63) is 0 Å². The molecule has 0 saturated carbocycles. The molecule has 1 heterocycles. The molecule has 0 N–H and O–H groups in total. The van der Waals surface area contributed by atoms with Gasteiger partial charge >= 0.3 is 0 Å². The quantitative estimate of drug-likeness (QED) is 0.520. The third-order valence-electron chi connectivity index (χ3n) is 2.23. The molecule has 1 aliphatic rings. The highest BCUT2D eigenvalue weighted by Gasteiger charge is 2.56. The lowest BCUT2D eigenvalue weighted by Crippen LogP contribution is -2.57. The molecule has 0 radical (unpaired) electrons. The number of halogens is 4. The monoisotopic (exact) mass is 185 g/mol. The van der Waals surface area contributed by atoms with E-state index in [0.29, 0.717) is 0 Å². The van der Waals surface area contributed by atoms with E-state index in [0.717, 1.165) is 11.8 Å². The number of piperidine rings is 1. The molecule has 5 heteroatoms. The van der Waals surface area contributed by atoms with Crippen molar-refractivity contribution >= 4 is 0 Å². The van der Waals surface area contributed by atoms with Gasteiger partial charge in [-0.25, -0.2) is 17.6 Å². The minimum Gasteiger partial charge on any atom is -0.295 e. The molecule has 1 rings (SSSR count). The molecule has 0 aromatic rings. The first-order chi connectivity index (χ1) is 5.26. The Morgan fingerprint density at radius 2 is 1.42 bits per heavy atom. The lowest BCUT2D eigenvalue weighted by Gasteiger charge is -2.40. The van der Waals surface area contributed by atoms with Crippen molar-refractivity contribution in [3.63, 3.8) is 0 Å². The summed E-state index contributed by atoms with van der Waals surface area (Å²) in [5, 5.41) is 0. The Kier molecular flexibility index (Phi) is 2.10. The zero-order valence-corrected chi connectivity index (χ0v) is 6.95. The molecule has 1 nitrogen and oxygen atoms in total. The predicted molar refractivity (Wildman–Crippen MR) is 36.6 cm³/mol. The van der Waals surface area contributed by atoms with Gasteiger partial charge in [-0.15, -0.1) is 0 Å². The second-order valence-corrected chi connectivity index (χ2v) is 3.42. The molecule has 0 aliphatic carbocycles. The van der Waals surface area contributed by atoms with Gasteiger partial charge in [0, 0.05) is 0 Å². The average Bonchev–Trinajstić information content (AvgIpc) is 1.80. The Bertz CT molecular complexity index is 162. The van der Waals surface area contributed by atoms with Gasteiger partial charge < -0.3 is 0 Å². The standard InChI is InChI=1S/C7H11F4N/c1-5-6(8,9)3-12(2)4-7(5,10)11/h5H,3-4H2,1-2H3. The van der Waals surface area contributed by atoms with Gasteiger partial charge in [0.05, 0.1) is 19.0 Å². The van der Waals surface area contributed by atoms with E-state index in [-0.39, 0.29) is 0 Å². The first-order valence-electron chi connectivity index (χ1n) is 3.70. The van der Waals surface area contributed by atoms with Crippen LogP contribution in [0.2, 0.25) is 0 Å². The molecule has 0 spiro atoms. The Balaban J connectivity index is 2.84. The fraction of sp³-hybridized carbons (Fsp3) is 1.00. The maximum Gasteiger partial charge on any atom is 0.268 e. The highest BCUT2D eigenvalue weighted by Crippen LogP contribution is 2.41. The molecule has 12 heavy (non-hydrogen) atoms. The molecule has 1 saturated heterocycles. The van der Waals surface area contributed by atoms with Gasteiger partial charge in [-0.05, 0) is 7.05 Å². The van der Waals surface area contributed by atoms with Crippen LogP contribution in [-0.2, 0) is 0 Å². The number of likely N-dealkylation sites (tertiary alicyclic amines) is 1. The zero-order valence-electron chi connectivity index (χ0n) is 6.95. The van der Waals surface area contributed by atoms with E-state index < -0.39 is 30.9 Å². The van der Waals surface area contributed by atoms with Crippen LogP contribution in [0.25, 0.3) is 0 Å². The molecule has 0 unspecified atom stereocenters. The van der Waals surface area contributed by atoms with Crippen LogP contribution in [-0.4, -0.2) is 36.9 Å². The van der Waals surface area contributed by atoms with Crippen molar-refractivity contribution in [1.29, 1.82) is 0 Å². The van der Waals surface area contributed by atoms with Crippen molar-refractivity contribution in [3.8, 4) is 0 Å². The van der Waals surface area contributed by atoms with E-state index in [1.165, 1.54) is 7.05 Å². The van der Waals surface area contributed by atoms with Gasteiger partial charge in [0.15, 0.2) is 0 Å². The maximum atomic E-state index is 12.8. The average molecular weight is 185 g/mol. The minimum absolute atomic E-state index is 0.580. The molecule has 0 aromatic carbocycles. The molecular weight excluding hydrogens is 174 g/mol. The fourth-order valence-electron chi connectivity index (χ4n) is 1.36. The Hall–Kier alpha value is -0.320. The highest BCUT2D eigenvalue weighted by atomic mass is 19.3. The number of hydrogen-bond acceptors (Lipinski definition) is 1. The van der Waals surface area contributed by atoms with E-state index in [2.05, 4.69) is 0 Å².